The second kappa shape index (κ2) is 12.7. The minimum absolute atomic E-state index is 0.0217. The number of hydrazine groups is 1. The number of alkyl halides is 2. The van der Waals surface area contributed by atoms with Crippen LogP contribution in [-0.2, 0) is 9.59 Å². The maximum Gasteiger partial charge on any atom is 0.333 e. The highest BCUT2D eigenvalue weighted by Gasteiger charge is 2.26. The highest BCUT2D eigenvalue weighted by atomic mass is 35.5. The summed E-state index contributed by atoms with van der Waals surface area (Å²) in [6.45, 7) is -1.21. The average molecular weight is 624 g/mol. The number of aldehydes is 1. The molecule has 1 aliphatic heterocycles. The van der Waals surface area contributed by atoms with Crippen molar-refractivity contribution in [1.82, 2.24) is 24.3 Å². The molecule has 3 aromatic heterocycles. The van der Waals surface area contributed by atoms with Crippen molar-refractivity contribution in [2.24, 2.45) is 17.5 Å². The number of pyridine rings is 1. The maximum atomic E-state index is 13.9. The van der Waals surface area contributed by atoms with Crippen LogP contribution in [0.4, 0.5) is 20.2 Å². The summed E-state index contributed by atoms with van der Waals surface area (Å²) in [7, 11) is 0. The molecule has 5 rings (SSSR count). The second-order valence-electron chi connectivity index (χ2n) is 10.3. The van der Waals surface area contributed by atoms with E-state index >= 15 is 0 Å². The lowest BCUT2D eigenvalue weighted by molar-refractivity contribution is -0.119. The number of carbonyl (C=O) groups excluding carboxylic acids is 2. The van der Waals surface area contributed by atoms with E-state index in [0.29, 0.717) is 57.8 Å². The number of anilines is 2. The van der Waals surface area contributed by atoms with E-state index in [-0.39, 0.29) is 28.7 Å². The molecule has 0 radical (unpaired) electrons. The highest BCUT2D eigenvalue weighted by molar-refractivity contribution is 6.31. The first kappa shape index (κ1) is 30.5. The number of carbonyl (C=O) groups is 2. The lowest BCUT2D eigenvalue weighted by atomic mass is 9.97. The van der Waals surface area contributed by atoms with Gasteiger partial charge in [0.2, 0.25) is 5.91 Å². The summed E-state index contributed by atoms with van der Waals surface area (Å²) in [5.41, 5.74) is 7.05. The van der Waals surface area contributed by atoms with Crippen LogP contribution in [0.5, 0.6) is 0 Å². The summed E-state index contributed by atoms with van der Waals surface area (Å²) in [5, 5.41) is 8.00. The van der Waals surface area contributed by atoms with Crippen LogP contribution in [0.3, 0.4) is 0 Å². The van der Waals surface area contributed by atoms with E-state index in [0.717, 1.165) is 5.01 Å². The maximum absolute atomic E-state index is 13.9. The number of hydrogen-bond acceptors (Lipinski definition) is 9. The number of aromatic nitrogens is 5. The second-order valence-corrected chi connectivity index (χ2v) is 10.7. The SMILES string of the molecule is CC1CCCC(n2cnc(-c3cc(Cl)ccc3N(N)/C=C(\N)C=O)cc2=O)c2cc(ccn2)-c2c(cnn2C(F)F)NC1=O. The van der Waals surface area contributed by atoms with Crippen LogP contribution in [0.25, 0.3) is 22.5 Å². The zero-order valence-electron chi connectivity index (χ0n) is 23.4. The van der Waals surface area contributed by atoms with Gasteiger partial charge in [-0.1, -0.05) is 24.9 Å². The van der Waals surface area contributed by atoms with Crippen molar-refractivity contribution in [2.45, 2.75) is 38.8 Å². The number of fused-ring (bicyclic) bond motifs is 4. The van der Waals surface area contributed by atoms with Gasteiger partial charge in [-0.05, 0) is 43.2 Å². The molecule has 228 valence electrons. The Bertz CT molecular complexity index is 1810. The van der Waals surface area contributed by atoms with Crippen LogP contribution in [-0.4, -0.2) is 36.5 Å². The Morgan fingerprint density at radius 2 is 1.98 bits per heavy atom. The normalized spacial score (nSPS) is 17.3. The summed E-state index contributed by atoms with van der Waals surface area (Å²) in [6.07, 6.45) is 7.11. The van der Waals surface area contributed by atoms with Gasteiger partial charge in [0.15, 0.2) is 6.29 Å². The molecule has 4 aromatic rings. The van der Waals surface area contributed by atoms with Crippen molar-refractivity contribution in [2.75, 3.05) is 10.3 Å². The van der Waals surface area contributed by atoms with E-state index in [9.17, 15) is 23.2 Å². The molecule has 2 bridgehead atoms. The molecule has 1 aliphatic rings. The molecular formula is C29H28ClF2N9O3. The molecule has 44 heavy (non-hydrogen) atoms. The smallest absolute Gasteiger partial charge is 0.333 e. The fourth-order valence-electron chi connectivity index (χ4n) is 5.09. The van der Waals surface area contributed by atoms with Crippen LogP contribution in [0.1, 0.15) is 44.5 Å². The minimum Gasteiger partial charge on any atom is -0.395 e. The molecule has 2 unspecified atom stereocenters. The fraction of sp³-hybridized carbons (Fsp3) is 0.241. The fourth-order valence-corrected chi connectivity index (χ4v) is 5.26. The highest BCUT2D eigenvalue weighted by Crippen LogP contribution is 2.35. The number of nitrogens with zero attached hydrogens (tertiary/aromatic N) is 6. The lowest BCUT2D eigenvalue weighted by Crippen LogP contribution is -2.28. The van der Waals surface area contributed by atoms with Crippen molar-refractivity contribution < 1.29 is 18.4 Å². The van der Waals surface area contributed by atoms with Crippen LogP contribution in [0.2, 0.25) is 5.02 Å². The predicted molar refractivity (Wildman–Crippen MR) is 160 cm³/mol. The number of amides is 1. The summed E-state index contributed by atoms with van der Waals surface area (Å²) >= 11 is 6.25. The first-order valence-electron chi connectivity index (χ1n) is 13.5. The van der Waals surface area contributed by atoms with Gasteiger partial charge in [-0.15, -0.1) is 0 Å². The number of nitrogens with two attached hydrogens (primary N) is 2. The van der Waals surface area contributed by atoms with E-state index in [2.05, 4.69) is 20.4 Å². The molecule has 2 atom stereocenters. The zero-order valence-corrected chi connectivity index (χ0v) is 24.2. The van der Waals surface area contributed by atoms with E-state index in [1.807, 2.05) is 0 Å². The molecule has 0 fully saturated rings. The van der Waals surface area contributed by atoms with Crippen molar-refractivity contribution in [3.63, 3.8) is 0 Å². The Balaban J connectivity index is 1.60. The molecule has 4 heterocycles. The summed E-state index contributed by atoms with van der Waals surface area (Å²) in [4.78, 5) is 46.6. The van der Waals surface area contributed by atoms with E-state index in [4.69, 9.17) is 23.2 Å². The molecular weight excluding hydrogens is 596 g/mol. The Morgan fingerprint density at radius 1 is 1.18 bits per heavy atom. The number of rotatable bonds is 6. The van der Waals surface area contributed by atoms with Gasteiger partial charge in [0, 0.05) is 40.5 Å². The summed E-state index contributed by atoms with van der Waals surface area (Å²) < 4.78 is 29.8. The third kappa shape index (κ3) is 6.21. The molecule has 0 aliphatic carbocycles. The van der Waals surface area contributed by atoms with Crippen molar-refractivity contribution in [3.8, 4) is 22.5 Å². The topological polar surface area (TPSA) is 167 Å². The van der Waals surface area contributed by atoms with Crippen molar-refractivity contribution >= 4 is 35.2 Å². The van der Waals surface area contributed by atoms with Gasteiger partial charge in [-0.25, -0.2) is 15.5 Å². The Morgan fingerprint density at radius 3 is 2.70 bits per heavy atom. The number of hydrogen-bond donors (Lipinski definition) is 3. The molecule has 0 saturated heterocycles. The van der Waals surface area contributed by atoms with Gasteiger partial charge >= 0.3 is 6.55 Å². The molecule has 5 N–H and O–H groups in total. The average Bonchev–Trinajstić information content (AvgIpc) is 3.42. The largest absolute Gasteiger partial charge is 0.395 e. The molecule has 1 amide bonds. The quantitative estimate of drug-likeness (QED) is 0.123. The van der Waals surface area contributed by atoms with Gasteiger partial charge < -0.3 is 11.1 Å². The van der Waals surface area contributed by atoms with Crippen molar-refractivity contribution in [1.29, 1.82) is 0 Å². The van der Waals surface area contributed by atoms with Crippen molar-refractivity contribution in [3.05, 3.63) is 88.1 Å². The number of nitrogens with one attached hydrogen (secondary N) is 1. The Hall–Kier alpha value is -4.95. The van der Waals surface area contributed by atoms with Crippen LogP contribution in [0.15, 0.2) is 71.8 Å². The summed E-state index contributed by atoms with van der Waals surface area (Å²) in [6, 6.07) is 8.58. The third-order valence-electron chi connectivity index (χ3n) is 7.31. The first-order valence-corrected chi connectivity index (χ1v) is 13.9. The number of benzene rings is 1. The van der Waals surface area contributed by atoms with Crippen LogP contribution < -0.4 is 27.5 Å². The van der Waals surface area contributed by atoms with E-state index in [1.165, 1.54) is 41.6 Å². The Kier molecular flexibility index (Phi) is 8.83. The third-order valence-corrected chi connectivity index (χ3v) is 7.54. The lowest BCUT2D eigenvalue weighted by Gasteiger charge is -2.23. The van der Waals surface area contributed by atoms with Gasteiger partial charge in [0.25, 0.3) is 5.56 Å². The number of halogens is 3. The zero-order chi connectivity index (χ0) is 31.5. The summed E-state index contributed by atoms with van der Waals surface area (Å²) in [5.74, 6) is 5.35. The molecule has 12 nitrogen and oxygen atoms in total. The van der Waals surface area contributed by atoms with Gasteiger partial charge in [0.1, 0.15) is 0 Å². The molecule has 0 saturated carbocycles. The Labute approximate surface area is 254 Å². The van der Waals surface area contributed by atoms with E-state index in [1.54, 1.807) is 31.2 Å². The van der Waals surface area contributed by atoms with Gasteiger partial charge in [-0.2, -0.15) is 13.9 Å². The van der Waals surface area contributed by atoms with E-state index < -0.39 is 24.1 Å². The number of allylic oxidation sites excluding steroid dienone is 1. The molecule has 1 aromatic carbocycles. The van der Waals surface area contributed by atoms with Gasteiger partial charge in [0.05, 0.1) is 52.7 Å². The standard InChI is InChI=1S/C29H28ClF2N9O3/c1-16-3-2-4-25(22-9-17(7-8-35-22)27-23(38-28(16)44)12-37-41(27)29(31)32)39-15-36-21(11-26(39)43)20-10-18(30)5-6-24(20)40(34)13-19(33)14-42/h5-16,25,29H,2-4,33-34H2,1H3,(H,38,44)/b19-13-. The first-order chi connectivity index (χ1) is 21.1. The van der Waals surface area contributed by atoms with Crippen LogP contribution >= 0.6 is 11.6 Å². The van der Waals surface area contributed by atoms with Gasteiger partial charge in [-0.3, -0.25) is 28.9 Å². The molecule has 15 heteroatoms. The minimum atomic E-state index is -2.96. The monoisotopic (exact) mass is 623 g/mol. The predicted octanol–water partition coefficient (Wildman–Crippen LogP) is 4.24. The molecule has 0 spiro atoms. The van der Waals surface area contributed by atoms with Crippen LogP contribution in [0, 0.1) is 5.92 Å².